The fraction of sp³-hybridized carbons (Fsp3) is 0.667. The van der Waals surface area contributed by atoms with Crippen molar-refractivity contribution in [1.29, 1.82) is 0 Å². The number of hydrogen-bond donors (Lipinski definition) is 1. The van der Waals surface area contributed by atoms with Crippen LogP contribution in [0.25, 0.3) is 0 Å². The number of nitrogens with one attached hydrogen (secondary N) is 1. The van der Waals surface area contributed by atoms with Gasteiger partial charge >= 0.3 is 0 Å². The van der Waals surface area contributed by atoms with Crippen molar-refractivity contribution in [3.63, 3.8) is 0 Å². The number of rotatable bonds is 5. The summed E-state index contributed by atoms with van der Waals surface area (Å²) >= 11 is 0. The summed E-state index contributed by atoms with van der Waals surface area (Å²) in [5, 5.41) is 3.31. The number of nitrogens with zero attached hydrogens (tertiary/aromatic N) is 2. The standard InChI is InChI=1S/C21H33N3O2/c1-16-7-4-5-10-20(16)22-21(25)17(2)23-11-13-24(14-12-23)18-8-6-9-19(15-18)26-3/h6,8-9,15-17,20H,4-5,7,10-14H2,1-3H3,(H,22,25)/t16-,17+,20-/m0/s1. The van der Waals surface area contributed by atoms with Crippen molar-refractivity contribution in [2.45, 2.75) is 51.6 Å². The molecule has 3 atom stereocenters. The molecule has 1 N–H and O–H groups in total. The Labute approximate surface area is 157 Å². The predicted octanol–water partition coefficient (Wildman–Crippen LogP) is 2.90. The first-order valence-electron chi connectivity index (χ1n) is 10.0. The molecule has 0 radical (unpaired) electrons. The van der Waals surface area contributed by atoms with Gasteiger partial charge in [0.05, 0.1) is 13.2 Å². The number of benzene rings is 1. The van der Waals surface area contributed by atoms with Crippen LogP contribution in [-0.4, -0.2) is 56.2 Å². The second kappa shape index (κ2) is 8.76. The Kier molecular flexibility index (Phi) is 6.41. The molecule has 1 saturated heterocycles. The van der Waals surface area contributed by atoms with E-state index in [1.807, 2.05) is 19.1 Å². The summed E-state index contributed by atoms with van der Waals surface area (Å²) in [5.74, 6) is 1.68. The molecular weight excluding hydrogens is 326 g/mol. The SMILES string of the molecule is COc1cccc(N2CCN([C@H](C)C(=O)N[C@H]3CCCC[C@@H]3C)CC2)c1. The van der Waals surface area contributed by atoms with Gasteiger partial charge in [-0.1, -0.05) is 25.8 Å². The number of carbonyl (C=O) groups excluding carboxylic acids is 1. The van der Waals surface area contributed by atoms with Gasteiger partial charge in [0.25, 0.3) is 0 Å². The van der Waals surface area contributed by atoms with E-state index in [-0.39, 0.29) is 11.9 Å². The molecule has 144 valence electrons. The minimum absolute atomic E-state index is 0.0587. The third-order valence-electron chi connectivity index (χ3n) is 6.10. The summed E-state index contributed by atoms with van der Waals surface area (Å²) in [6.07, 6.45) is 4.90. The van der Waals surface area contributed by atoms with Crippen LogP contribution in [-0.2, 0) is 4.79 Å². The zero-order valence-corrected chi connectivity index (χ0v) is 16.4. The van der Waals surface area contributed by atoms with Crippen molar-refractivity contribution in [2.75, 3.05) is 38.2 Å². The maximum absolute atomic E-state index is 12.7. The lowest BCUT2D eigenvalue weighted by atomic mass is 9.86. The first kappa shape index (κ1) is 19.0. The molecule has 1 aliphatic heterocycles. The average Bonchev–Trinajstić information content (AvgIpc) is 2.69. The van der Waals surface area contributed by atoms with E-state index in [1.54, 1.807) is 7.11 Å². The quantitative estimate of drug-likeness (QED) is 0.878. The van der Waals surface area contributed by atoms with Gasteiger partial charge in [-0.05, 0) is 37.8 Å². The first-order chi connectivity index (χ1) is 12.6. The van der Waals surface area contributed by atoms with Crippen molar-refractivity contribution in [3.8, 4) is 5.75 Å². The Morgan fingerprint density at radius 2 is 1.92 bits per heavy atom. The molecule has 1 amide bonds. The van der Waals surface area contributed by atoms with Gasteiger partial charge in [0.15, 0.2) is 0 Å². The molecule has 1 saturated carbocycles. The molecule has 1 aliphatic carbocycles. The Morgan fingerprint density at radius 3 is 2.62 bits per heavy atom. The zero-order valence-electron chi connectivity index (χ0n) is 16.4. The van der Waals surface area contributed by atoms with Crippen LogP contribution in [0.3, 0.4) is 0 Å². The van der Waals surface area contributed by atoms with Crippen LogP contribution in [0.1, 0.15) is 39.5 Å². The van der Waals surface area contributed by atoms with E-state index >= 15 is 0 Å². The van der Waals surface area contributed by atoms with Crippen LogP contribution < -0.4 is 15.0 Å². The van der Waals surface area contributed by atoms with Crippen LogP contribution in [0.2, 0.25) is 0 Å². The van der Waals surface area contributed by atoms with Crippen molar-refractivity contribution < 1.29 is 9.53 Å². The fourth-order valence-electron chi connectivity index (χ4n) is 4.17. The molecule has 0 unspecified atom stereocenters. The van der Waals surface area contributed by atoms with E-state index in [2.05, 4.69) is 34.2 Å². The third-order valence-corrected chi connectivity index (χ3v) is 6.10. The van der Waals surface area contributed by atoms with Crippen LogP contribution in [0.4, 0.5) is 5.69 Å². The summed E-state index contributed by atoms with van der Waals surface area (Å²) < 4.78 is 5.33. The van der Waals surface area contributed by atoms with Gasteiger partial charge in [0, 0.05) is 44.0 Å². The van der Waals surface area contributed by atoms with Gasteiger partial charge in [-0.3, -0.25) is 9.69 Å². The molecule has 1 aromatic carbocycles. The summed E-state index contributed by atoms with van der Waals surface area (Å²) in [4.78, 5) is 17.4. The lowest BCUT2D eigenvalue weighted by Gasteiger charge is -2.39. The van der Waals surface area contributed by atoms with Crippen molar-refractivity contribution >= 4 is 11.6 Å². The number of anilines is 1. The highest BCUT2D eigenvalue weighted by molar-refractivity contribution is 5.81. The maximum Gasteiger partial charge on any atom is 0.237 e. The molecule has 2 fully saturated rings. The summed E-state index contributed by atoms with van der Waals surface area (Å²) in [6, 6.07) is 8.50. The van der Waals surface area contributed by atoms with Crippen LogP contribution >= 0.6 is 0 Å². The van der Waals surface area contributed by atoms with Crippen LogP contribution in [0.15, 0.2) is 24.3 Å². The molecule has 2 aliphatic rings. The number of amides is 1. The van der Waals surface area contributed by atoms with Gasteiger partial charge in [-0.2, -0.15) is 0 Å². The minimum Gasteiger partial charge on any atom is -0.497 e. The Hall–Kier alpha value is -1.75. The first-order valence-corrected chi connectivity index (χ1v) is 10.0. The third kappa shape index (κ3) is 4.50. The monoisotopic (exact) mass is 359 g/mol. The van der Waals surface area contributed by atoms with Gasteiger partial charge in [-0.25, -0.2) is 0 Å². The van der Waals surface area contributed by atoms with E-state index in [0.717, 1.165) is 38.3 Å². The van der Waals surface area contributed by atoms with Crippen LogP contribution in [0, 0.1) is 5.92 Å². The van der Waals surface area contributed by atoms with Crippen molar-refractivity contribution in [2.24, 2.45) is 5.92 Å². The largest absolute Gasteiger partial charge is 0.497 e. The maximum atomic E-state index is 12.7. The number of carbonyl (C=O) groups is 1. The second-order valence-electron chi connectivity index (χ2n) is 7.78. The average molecular weight is 360 g/mol. The lowest BCUT2D eigenvalue weighted by Crippen LogP contribution is -2.55. The minimum atomic E-state index is -0.0587. The molecule has 3 rings (SSSR count). The molecular formula is C21H33N3O2. The van der Waals surface area contributed by atoms with Gasteiger partial charge in [0.2, 0.25) is 5.91 Å². The molecule has 5 nitrogen and oxygen atoms in total. The number of ether oxygens (including phenoxy) is 1. The molecule has 1 heterocycles. The van der Waals surface area contributed by atoms with Gasteiger partial charge in [-0.15, -0.1) is 0 Å². The molecule has 5 heteroatoms. The summed E-state index contributed by atoms with van der Waals surface area (Å²) in [5.41, 5.74) is 1.19. The molecule has 0 bridgehead atoms. The van der Waals surface area contributed by atoms with Crippen LogP contribution in [0.5, 0.6) is 5.75 Å². The normalized spacial score (nSPS) is 25.6. The van der Waals surface area contributed by atoms with E-state index in [1.165, 1.54) is 24.9 Å². The van der Waals surface area contributed by atoms with Gasteiger partial charge < -0.3 is 15.0 Å². The van der Waals surface area contributed by atoms with E-state index in [4.69, 9.17) is 4.74 Å². The van der Waals surface area contributed by atoms with E-state index in [0.29, 0.717) is 12.0 Å². The molecule has 1 aromatic rings. The number of methoxy groups -OCH3 is 1. The second-order valence-corrected chi connectivity index (χ2v) is 7.78. The lowest BCUT2D eigenvalue weighted by molar-refractivity contribution is -0.127. The Balaban J connectivity index is 1.51. The highest BCUT2D eigenvalue weighted by atomic mass is 16.5. The Bertz CT molecular complexity index is 599. The Morgan fingerprint density at radius 1 is 1.19 bits per heavy atom. The molecule has 26 heavy (non-hydrogen) atoms. The van der Waals surface area contributed by atoms with Crippen molar-refractivity contribution in [1.82, 2.24) is 10.2 Å². The smallest absolute Gasteiger partial charge is 0.237 e. The van der Waals surface area contributed by atoms with Crippen molar-refractivity contribution in [3.05, 3.63) is 24.3 Å². The number of hydrogen-bond acceptors (Lipinski definition) is 4. The molecule has 0 spiro atoms. The summed E-state index contributed by atoms with van der Waals surface area (Å²) in [6.45, 7) is 8.00. The highest BCUT2D eigenvalue weighted by Gasteiger charge is 2.29. The highest BCUT2D eigenvalue weighted by Crippen LogP contribution is 2.25. The van der Waals surface area contributed by atoms with E-state index in [9.17, 15) is 4.79 Å². The van der Waals surface area contributed by atoms with Gasteiger partial charge in [0.1, 0.15) is 5.75 Å². The topological polar surface area (TPSA) is 44.8 Å². The molecule has 0 aromatic heterocycles. The predicted molar refractivity (Wildman–Crippen MR) is 106 cm³/mol. The van der Waals surface area contributed by atoms with E-state index < -0.39 is 0 Å². The number of piperazine rings is 1. The fourth-order valence-corrected chi connectivity index (χ4v) is 4.17. The zero-order chi connectivity index (χ0) is 18.5. The summed E-state index contributed by atoms with van der Waals surface area (Å²) in [7, 11) is 1.70.